The van der Waals surface area contributed by atoms with Gasteiger partial charge in [-0.05, 0) is 6.07 Å². The fourth-order valence-corrected chi connectivity index (χ4v) is 2.01. The number of rotatable bonds is 4. The molecule has 20 heavy (non-hydrogen) atoms. The van der Waals surface area contributed by atoms with Gasteiger partial charge < -0.3 is 10.6 Å². The summed E-state index contributed by atoms with van der Waals surface area (Å²) in [7, 11) is 1.67. The molecule has 0 unspecified atom stereocenters. The zero-order valence-electron chi connectivity index (χ0n) is 11.3. The summed E-state index contributed by atoms with van der Waals surface area (Å²) in [5, 5.41) is 8.33. The molecular formula is C16H17N3O. The Bertz CT molecular complexity index is 623. The molecule has 1 amide bonds. The van der Waals surface area contributed by atoms with E-state index in [1.807, 2.05) is 54.6 Å². The van der Waals surface area contributed by atoms with Crippen LogP contribution in [0.2, 0.25) is 0 Å². The Kier molecular flexibility index (Phi) is 4.27. The number of hydrogen-bond acceptors (Lipinski definition) is 3. The third-order valence-corrected chi connectivity index (χ3v) is 3.15. The van der Waals surface area contributed by atoms with Crippen LogP contribution in [0.25, 0.3) is 0 Å². The van der Waals surface area contributed by atoms with Crippen LogP contribution in [0.4, 0.5) is 5.69 Å². The lowest BCUT2D eigenvalue weighted by Crippen LogP contribution is -2.33. The van der Waals surface area contributed by atoms with Gasteiger partial charge in [0.25, 0.3) is 0 Å². The molecule has 4 nitrogen and oxygen atoms in total. The van der Waals surface area contributed by atoms with Crippen molar-refractivity contribution in [2.75, 3.05) is 18.5 Å². The van der Waals surface area contributed by atoms with Crippen molar-refractivity contribution in [1.82, 2.24) is 0 Å². The number of hydrogen-bond donors (Lipinski definition) is 2. The van der Waals surface area contributed by atoms with E-state index < -0.39 is 0 Å². The van der Waals surface area contributed by atoms with Gasteiger partial charge in [0, 0.05) is 18.2 Å². The number of carbonyl (C=O) groups is 1. The molecule has 0 saturated heterocycles. The van der Waals surface area contributed by atoms with E-state index in [-0.39, 0.29) is 12.5 Å². The normalized spacial score (nSPS) is 10.1. The fraction of sp³-hybridized carbons (Fsp3) is 0.125. The van der Waals surface area contributed by atoms with E-state index in [9.17, 15) is 4.79 Å². The number of para-hydroxylation sites is 1. The summed E-state index contributed by atoms with van der Waals surface area (Å²) in [5.74, 6) is -0.182. The summed E-state index contributed by atoms with van der Waals surface area (Å²) >= 11 is 0. The fourth-order valence-electron chi connectivity index (χ4n) is 2.01. The summed E-state index contributed by atoms with van der Waals surface area (Å²) in [5.41, 5.74) is 8.01. The van der Waals surface area contributed by atoms with Crippen LogP contribution in [-0.4, -0.2) is 25.2 Å². The molecule has 2 aromatic rings. The maximum atomic E-state index is 11.8. The standard InChI is InChI=1S/C16H17N3O/c1-19(15(20)11-17)14-10-6-5-9-13(14)16(18)12-7-3-2-4-8-12/h2-10,18H,11,17H2,1H3. The van der Waals surface area contributed by atoms with Gasteiger partial charge in [0.15, 0.2) is 0 Å². The van der Waals surface area contributed by atoms with Crippen molar-refractivity contribution in [3.05, 3.63) is 65.7 Å². The smallest absolute Gasteiger partial charge is 0.240 e. The number of nitrogens with one attached hydrogen (secondary N) is 1. The molecule has 0 heterocycles. The maximum Gasteiger partial charge on any atom is 0.240 e. The molecule has 0 fully saturated rings. The lowest BCUT2D eigenvalue weighted by molar-refractivity contribution is -0.117. The molecule has 0 aromatic heterocycles. The van der Waals surface area contributed by atoms with E-state index in [4.69, 9.17) is 11.1 Å². The second kappa shape index (κ2) is 6.12. The molecular weight excluding hydrogens is 250 g/mol. The highest BCUT2D eigenvalue weighted by molar-refractivity contribution is 6.15. The average Bonchev–Trinajstić information content (AvgIpc) is 2.53. The van der Waals surface area contributed by atoms with Crippen LogP contribution in [0, 0.1) is 5.41 Å². The molecule has 0 aliphatic heterocycles. The molecule has 0 aliphatic carbocycles. The third kappa shape index (κ3) is 2.75. The van der Waals surface area contributed by atoms with Crippen LogP contribution in [0.1, 0.15) is 11.1 Å². The summed E-state index contributed by atoms with van der Waals surface area (Å²) in [6.45, 7) is -0.0521. The largest absolute Gasteiger partial charge is 0.322 e. The van der Waals surface area contributed by atoms with Gasteiger partial charge >= 0.3 is 0 Å². The highest BCUT2D eigenvalue weighted by Gasteiger charge is 2.16. The summed E-state index contributed by atoms with van der Waals surface area (Å²) in [4.78, 5) is 13.2. The van der Waals surface area contributed by atoms with Crippen molar-refractivity contribution in [3.8, 4) is 0 Å². The van der Waals surface area contributed by atoms with Crippen molar-refractivity contribution in [1.29, 1.82) is 5.41 Å². The Balaban J connectivity index is 2.43. The van der Waals surface area contributed by atoms with E-state index in [1.165, 1.54) is 4.90 Å². The zero-order chi connectivity index (χ0) is 14.5. The molecule has 0 radical (unpaired) electrons. The summed E-state index contributed by atoms with van der Waals surface area (Å²) in [6, 6.07) is 16.8. The van der Waals surface area contributed by atoms with E-state index in [1.54, 1.807) is 7.05 Å². The number of nitrogens with two attached hydrogens (primary N) is 1. The first-order chi connectivity index (χ1) is 9.65. The summed E-state index contributed by atoms with van der Waals surface area (Å²) < 4.78 is 0. The van der Waals surface area contributed by atoms with Crippen LogP contribution >= 0.6 is 0 Å². The second-order valence-corrected chi connectivity index (χ2v) is 4.42. The van der Waals surface area contributed by atoms with Gasteiger partial charge in [0.2, 0.25) is 5.91 Å². The van der Waals surface area contributed by atoms with Crippen molar-refractivity contribution < 1.29 is 4.79 Å². The van der Waals surface area contributed by atoms with E-state index in [0.717, 1.165) is 5.56 Å². The van der Waals surface area contributed by atoms with Crippen LogP contribution in [0.3, 0.4) is 0 Å². The van der Waals surface area contributed by atoms with Gasteiger partial charge in [-0.15, -0.1) is 0 Å². The van der Waals surface area contributed by atoms with E-state index in [0.29, 0.717) is 17.0 Å². The van der Waals surface area contributed by atoms with Crippen molar-refractivity contribution in [2.24, 2.45) is 5.73 Å². The molecule has 0 atom stereocenters. The number of carbonyl (C=O) groups excluding carboxylic acids is 1. The maximum absolute atomic E-state index is 11.8. The van der Waals surface area contributed by atoms with Crippen LogP contribution < -0.4 is 10.6 Å². The van der Waals surface area contributed by atoms with Gasteiger partial charge in [-0.2, -0.15) is 0 Å². The van der Waals surface area contributed by atoms with Gasteiger partial charge in [0.1, 0.15) is 0 Å². The van der Waals surface area contributed by atoms with E-state index >= 15 is 0 Å². The molecule has 3 N–H and O–H groups in total. The highest BCUT2D eigenvalue weighted by atomic mass is 16.2. The zero-order valence-corrected chi connectivity index (χ0v) is 11.3. The van der Waals surface area contributed by atoms with Crippen molar-refractivity contribution in [2.45, 2.75) is 0 Å². The number of likely N-dealkylation sites (N-methyl/N-ethyl adjacent to an activating group) is 1. The Labute approximate surface area is 118 Å². The van der Waals surface area contributed by atoms with Crippen molar-refractivity contribution >= 4 is 17.3 Å². The van der Waals surface area contributed by atoms with Crippen molar-refractivity contribution in [3.63, 3.8) is 0 Å². The molecule has 0 aliphatic rings. The molecule has 0 spiro atoms. The minimum atomic E-state index is -0.182. The van der Waals surface area contributed by atoms with E-state index in [2.05, 4.69) is 0 Å². The monoisotopic (exact) mass is 267 g/mol. The predicted octanol–water partition coefficient (Wildman–Crippen LogP) is 2.02. The number of benzene rings is 2. The Hall–Kier alpha value is -2.46. The first kappa shape index (κ1) is 14.0. The average molecular weight is 267 g/mol. The number of anilines is 1. The van der Waals surface area contributed by atoms with Crippen LogP contribution in [0.15, 0.2) is 54.6 Å². The van der Waals surface area contributed by atoms with Gasteiger partial charge in [0.05, 0.1) is 17.9 Å². The molecule has 4 heteroatoms. The lowest BCUT2D eigenvalue weighted by atomic mass is 10.0. The highest BCUT2D eigenvalue weighted by Crippen LogP contribution is 2.22. The quantitative estimate of drug-likeness (QED) is 0.832. The van der Waals surface area contributed by atoms with Gasteiger partial charge in [-0.25, -0.2) is 0 Å². The Morgan fingerprint density at radius 1 is 1.10 bits per heavy atom. The molecule has 0 bridgehead atoms. The Morgan fingerprint density at radius 2 is 1.70 bits per heavy atom. The van der Waals surface area contributed by atoms with Gasteiger partial charge in [-0.1, -0.05) is 48.5 Å². The number of nitrogens with zero attached hydrogens (tertiary/aromatic N) is 1. The molecule has 2 rings (SSSR count). The summed E-state index contributed by atoms with van der Waals surface area (Å²) in [6.07, 6.45) is 0. The predicted molar refractivity (Wildman–Crippen MR) is 81.3 cm³/mol. The number of amides is 1. The third-order valence-electron chi connectivity index (χ3n) is 3.15. The first-order valence-electron chi connectivity index (χ1n) is 6.35. The van der Waals surface area contributed by atoms with Crippen LogP contribution in [-0.2, 0) is 4.79 Å². The minimum Gasteiger partial charge on any atom is -0.322 e. The van der Waals surface area contributed by atoms with Gasteiger partial charge in [-0.3, -0.25) is 10.2 Å². The second-order valence-electron chi connectivity index (χ2n) is 4.42. The topological polar surface area (TPSA) is 70.2 Å². The Morgan fingerprint density at radius 3 is 2.35 bits per heavy atom. The van der Waals surface area contributed by atoms with Crippen LogP contribution in [0.5, 0.6) is 0 Å². The molecule has 102 valence electrons. The lowest BCUT2D eigenvalue weighted by Gasteiger charge is -2.20. The SMILES string of the molecule is CN(C(=O)CN)c1ccccc1C(=N)c1ccccc1. The molecule has 0 saturated carbocycles. The first-order valence-corrected chi connectivity index (χ1v) is 6.35. The molecule has 2 aromatic carbocycles. The minimum absolute atomic E-state index is 0.0521.